The van der Waals surface area contributed by atoms with Gasteiger partial charge in [-0.25, -0.2) is 13.1 Å². The van der Waals surface area contributed by atoms with Gasteiger partial charge < -0.3 is 0 Å². The van der Waals surface area contributed by atoms with Gasteiger partial charge in [0.15, 0.2) is 5.03 Å². The lowest BCUT2D eigenvalue weighted by Crippen LogP contribution is -2.36. The highest BCUT2D eigenvalue weighted by molar-refractivity contribution is 8.00. The Labute approximate surface area is 94.1 Å². The SMILES string of the molecule is CSC(C)(C)CNS(=O)(=O)c1ccn[nH]1. The maximum atomic E-state index is 11.7. The number of hydrogen-bond acceptors (Lipinski definition) is 4. The molecule has 0 saturated heterocycles. The monoisotopic (exact) mass is 249 g/mol. The Morgan fingerprint density at radius 2 is 2.27 bits per heavy atom. The normalized spacial score (nSPS) is 13.0. The molecule has 1 rings (SSSR count). The molecule has 0 aromatic carbocycles. The quantitative estimate of drug-likeness (QED) is 0.810. The van der Waals surface area contributed by atoms with Crippen LogP contribution >= 0.6 is 11.8 Å². The Morgan fingerprint density at radius 3 is 2.73 bits per heavy atom. The number of nitrogens with zero attached hydrogens (tertiary/aromatic N) is 1. The van der Waals surface area contributed by atoms with Crippen LogP contribution in [0.4, 0.5) is 0 Å². The summed E-state index contributed by atoms with van der Waals surface area (Å²) in [6.07, 6.45) is 3.36. The standard InChI is InChI=1S/C8H15N3O2S2/c1-8(2,14-3)6-10-15(12,13)7-4-5-9-11-7/h4-5,10H,6H2,1-3H3,(H,9,11). The molecule has 0 atom stereocenters. The zero-order valence-electron chi connectivity index (χ0n) is 8.94. The fourth-order valence-electron chi connectivity index (χ4n) is 0.812. The molecule has 1 aromatic rings. The smallest absolute Gasteiger partial charge is 0.257 e. The van der Waals surface area contributed by atoms with Gasteiger partial charge in [0, 0.05) is 11.3 Å². The van der Waals surface area contributed by atoms with Crippen molar-refractivity contribution in [1.29, 1.82) is 0 Å². The Morgan fingerprint density at radius 1 is 1.60 bits per heavy atom. The maximum Gasteiger partial charge on any atom is 0.257 e. The first-order valence-electron chi connectivity index (χ1n) is 4.41. The molecule has 0 radical (unpaired) electrons. The minimum atomic E-state index is -3.44. The van der Waals surface area contributed by atoms with Crippen LogP contribution in [0.25, 0.3) is 0 Å². The average Bonchev–Trinajstić information content (AvgIpc) is 2.69. The Balaban J connectivity index is 2.67. The zero-order valence-corrected chi connectivity index (χ0v) is 10.6. The number of nitrogens with one attached hydrogen (secondary N) is 2. The summed E-state index contributed by atoms with van der Waals surface area (Å²) >= 11 is 1.61. The molecule has 1 aromatic heterocycles. The number of thioether (sulfide) groups is 1. The van der Waals surface area contributed by atoms with Crippen molar-refractivity contribution in [3.63, 3.8) is 0 Å². The summed E-state index contributed by atoms with van der Waals surface area (Å²) in [7, 11) is -3.44. The van der Waals surface area contributed by atoms with E-state index in [9.17, 15) is 8.42 Å². The summed E-state index contributed by atoms with van der Waals surface area (Å²) in [6.45, 7) is 4.34. The molecule has 0 amide bonds. The van der Waals surface area contributed by atoms with E-state index in [1.165, 1.54) is 12.3 Å². The highest BCUT2D eigenvalue weighted by Crippen LogP contribution is 2.20. The van der Waals surface area contributed by atoms with Gasteiger partial charge in [0.2, 0.25) is 0 Å². The molecule has 2 N–H and O–H groups in total. The van der Waals surface area contributed by atoms with Crippen LogP contribution < -0.4 is 4.72 Å². The van der Waals surface area contributed by atoms with Crippen LogP contribution in [0.1, 0.15) is 13.8 Å². The first kappa shape index (κ1) is 12.5. The van der Waals surface area contributed by atoms with Gasteiger partial charge in [-0.1, -0.05) is 0 Å². The second-order valence-electron chi connectivity index (χ2n) is 3.71. The molecule has 5 nitrogen and oxygen atoms in total. The third kappa shape index (κ3) is 3.51. The van der Waals surface area contributed by atoms with E-state index in [4.69, 9.17) is 0 Å². The lowest BCUT2D eigenvalue weighted by atomic mass is 10.2. The van der Waals surface area contributed by atoms with Gasteiger partial charge in [0.25, 0.3) is 10.0 Å². The van der Waals surface area contributed by atoms with Crippen molar-refractivity contribution >= 4 is 21.8 Å². The topological polar surface area (TPSA) is 74.8 Å². The molecule has 86 valence electrons. The van der Waals surface area contributed by atoms with Crippen molar-refractivity contribution in [2.24, 2.45) is 0 Å². The van der Waals surface area contributed by atoms with Gasteiger partial charge in [-0.05, 0) is 26.2 Å². The average molecular weight is 249 g/mol. The molecular formula is C8H15N3O2S2. The fourth-order valence-corrected chi connectivity index (χ4v) is 2.24. The van der Waals surface area contributed by atoms with E-state index in [0.717, 1.165) is 0 Å². The zero-order chi connectivity index (χ0) is 11.5. The van der Waals surface area contributed by atoms with Crippen LogP contribution in [-0.4, -0.2) is 36.2 Å². The van der Waals surface area contributed by atoms with Crippen LogP contribution in [-0.2, 0) is 10.0 Å². The third-order valence-electron chi connectivity index (χ3n) is 2.01. The summed E-state index contributed by atoms with van der Waals surface area (Å²) in [5.41, 5.74) is 0. The number of aromatic nitrogens is 2. The predicted octanol–water partition coefficient (Wildman–Crippen LogP) is 0.830. The second kappa shape index (κ2) is 4.54. The highest BCUT2D eigenvalue weighted by atomic mass is 32.2. The van der Waals surface area contributed by atoms with Gasteiger partial charge in [0.05, 0.1) is 6.20 Å². The Hall–Kier alpha value is -0.530. The second-order valence-corrected chi connectivity index (χ2v) is 6.96. The molecule has 0 saturated carbocycles. The molecule has 1 heterocycles. The number of sulfonamides is 1. The van der Waals surface area contributed by atoms with Gasteiger partial charge in [-0.3, -0.25) is 5.10 Å². The van der Waals surface area contributed by atoms with Gasteiger partial charge in [-0.15, -0.1) is 0 Å². The molecule has 0 aliphatic rings. The molecule has 15 heavy (non-hydrogen) atoms. The number of aromatic amines is 1. The lowest BCUT2D eigenvalue weighted by Gasteiger charge is -2.21. The lowest BCUT2D eigenvalue weighted by molar-refractivity contribution is 0.566. The van der Waals surface area contributed by atoms with Crippen LogP contribution in [0.3, 0.4) is 0 Å². The van der Waals surface area contributed by atoms with E-state index < -0.39 is 10.0 Å². The molecule has 0 aliphatic heterocycles. The summed E-state index contributed by atoms with van der Waals surface area (Å²) in [4.78, 5) is 0. The number of H-pyrrole nitrogens is 1. The first-order chi connectivity index (χ1) is 6.87. The van der Waals surface area contributed by atoms with Crippen LogP contribution in [0.15, 0.2) is 17.3 Å². The molecule has 0 aliphatic carbocycles. The molecule has 0 bridgehead atoms. The van der Waals surface area contributed by atoms with E-state index in [1.807, 2.05) is 20.1 Å². The van der Waals surface area contributed by atoms with Crippen molar-refractivity contribution in [2.75, 3.05) is 12.8 Å². The Bertz CT molecular complexity index is 398. The highest BCUT2D eigenvalue weighted by Gasteiger charge is 2.21. The van der Waals surface area contributed by atoms with Gasteiger partial charge >= 0.3 is 0 Å². The van der Waals surface area contributed by atoms with Crippen LogP contribution in [0.5, 0.6) is 0 Å². The van der Waals surface area contributed by atoms with E-state index in [1.54, 1.807) is 11.8 Å². The van der Waals surface area contributed by atoms with Crippen molar-refractivity contribution < 1.29 is 8.42 Å². The fraction of sp³-hybridized carbons (Fsp3) is 0.625. The number of rotatable bonds is 5. The molecular weight excluding hydrogens is 234 g/mol. The third-order valence-corrected chi connectivity index (χ3v) is 4.59. The van der Waals surface area contributed by atoms with Crippen molar-refractivity contribution in [3.8, 4) is 0 Å². The predicted molar refractivity (Wildman–Crippen MR) is 61.4 cm³/mol. The van der Waals surface area contributed by atoms with Crippen LogP contribution in [0.2, 0.25) is 0 Å². The van der Waals surface area contributed by atoms with E-state index >= 15 is 0 Å². The van der Waals surface area contributed by atoms with Crippen LogP contribution in [0, 0.1) is 0 Å². The summed E-state index contributed by atoms with van der Waals surface area (Å²) < 4.78 is 25.7. The first-order valence-corrected chi connectivity index (χ1v) is 7.12. The summed E-state index contributed by atoms with van der Waals surface area (Å²) in [5.74, 6) is 0. The minimum Gasteiger partial charge on any atom is -0.266 e. The molecule has 0 spiro atoms. The summed E-state index contributed by atoms with van der Waals surface area (Å²) in [5, 5.41) is 6.12. The van der Waals surface area contributed by atoms with Gasteiger partial charge in [0.1, 0.15) is 0 Å². The number of hydrogen-bond donors (Lipinski definition) is 2. The molecule has 0 fully saturated rings. The molecule has 0 unspecified atom stereocenters. The Kier molecular flexibility index (Phi) is 3.80. The summed E-state index contributed by atoms with van der Waals surface area (Å²) in [6, 6.07) is 1.43. The van der Waals surface area contributed by atoms with E-state index in [2.05, 4.69) is 14.9 Å². The van der Waals surface area contributed by atoms with E-state index in [-0.39, 0.29) is 9.77 Å². The van der Waals surface area contributed by atoms with Crippen molar-refractivity contribution in [3.05, 3.63) is 12.3 Å². The molecule has 7 heteroatoms. The van der Waals surface area contributed by atoms with E-state index in [0.29, 0.717) is 6.54 Å². The largest absolute Gasteiger partial charge is 0.266 e. The minimum absolute atomic E-state index is 0.0967. The van der Waals surface area contributed by atoms with Crippen molar-refractivity contribution in [2.45, 2.75) is 23.6 Å². The van der Waals surface area contributed by atoms with Crippen molar-refractivity contribution in [1.82, 2.24) is 14.9 Å². The maximum absolute atomic E-state index is 11.7. The van der Waals surface area contributed by atoms with Gasteiger partial charge in [-0.2, -0.15) is 16.9 Å².